The Labute approximate surface area is 278 Å². The molecule has 4 N–H and O–H groups in total. The quantitative estimate of drug-likeness (QED) is 0.111. The number of rotatable bonds is 12. The van der Waals surface area contributed by atoms with Gasteiger partial charge in [0.2, 0.25) is 0 Å². The van der Waals surface area contributed by atoms with E-state index in [2.05, 4.69) is 21.3 Å². The van der Waals surface area contributed by atoms with Crippen molar-refractivity contribution in [1.82, 2.24) is 0 Å². The van der Waals surface area contributed by atoms with Crippen molar-refractivity contribution < 1.29 is 28.7 Å². The first-order valence-electron chi connectivity index (χ1n) is 15.3. The Kier molecular flexibility index (Phi) is 10.8. The van der Waals surface area contributed by atoms with E-state index in [1.54, 1.807) is 97.1 Å². The second-order valence-electron chi connectivity index (χ2n) is 10.4. The maximum Gasteiger partial charge on any atom is 0.257 e. The molecular weight excluding hydrogens is 608 g/mol. The molecule has 0 unspecified atom stereocenters. The number of carbonyl (C=O) groups is 4. The lowest BCUT2D eigenvalue weighted by Crippen LogP contribution is -2.19. The number of hydrogen-bond acceptors (Lipinski definition) is 6. The lowest BCUT2D eigenvalue weighted by Gasteiger charge is -2.13. The van der Waals surface area contributed by atoms with Gasteiger partial charge in [0.25, 0.3) is 23.6 Å². The Bertz CT molecular complexity index is 1770. The van der Waals surface area contributed by atoms with E-state index < -0.39 is 23.6 Å². The van der Waals surface area contributed by atoms with Gasteiger partial charge in [0.15, 0.2) is 0 Å². The highest BCUT2D eigenvalue weighted by Gasteiger charge is 2.17. The maximum atomic E-state index is 13.1. The van der Waals surface area contributed by atoms with Crippen molar-refractivity contribution in [2.45, 2.75) is 13.8 Å². The number of para-hydroxylation sites is 2. The Morgan fingerprint density at radius 3 is 1.15 bits per heavy atom. The second kappa shape index (κ2) is 15.7. The van der Waals surface area contributed by atoms with Crippen LogP contribution in [0.25, 0.3) is 0 Å². The summed E-state index contributed by atoms with van der Waals surface area (Å²) in [5, 5.41) is 11.2. The average Bonchev–Trinajstić information content (AvgIpc) is 3.10. The summed E-state index contributed by atoms with van der Waals surface area (Å²) in [6.07, 6.45) is 0. The highest BCUT2D eigenvalue weighted by Crippen LogP contribution is 2.23. The fraction of sp³-hybridized carbons (Fsp3) is 0.105. The molecule has 0 atom stereocenters. The normalized spacial score (nSPS) is 10.4. The van der Waals surface area contributed by atoms with E-state index in [1.807, 2.05) is 13.8 Å². The molecule has 5 aromatic carbocycles. The van der Waals surface area contributed by atoms with Crippen molar-refractivity contribution >= 4 is 46.4 Å². The van der Waals surface area contributed by atoms with Gasteiger partial charge in [-0.05, 0) is 111 Å². The first-order valence-corrected chi connectivity index (χ1v) is 15.3. The number of anilines is 4. The third-order valence-corrected chi connectivity index (χ3v) is 7.10. The highest BCUT2D eigenvalue weighted by atomic mass is 16.5. The SMILES string of the molecule is CCOc1ccc(NC(=O)c2ccccc2NC(=O)c2ccc(C(=O)Nc3ccccc3C(=O)Nc3ccc(OCC)cc3)cc2)cc1. The van der Waals surface area contributed by atoms with Crippen molar-refractivity contribution in [2.24, 2.45) is 0 Å². The van der Waals surface area contributed by atoms with Gasteiger partial charge in [-0.2, -0.15) is 0 Å². The van der Waals surface area contributed by atoms with Crippen molar-refractivity contribution in [3.63, 3.8) is 0 Å². The van der Waals surface area contributed by atoms with Gasteiger partial charge >= 0.3 is 0 Å². The molecule has 4 amide bonds. The van der Waals surface area contributed by atoms with Gasteiger partial charge in [-0.1, -0.05) is 24.3 Å². The van der Waals surface area contributed by atoms with Crippen molar-refractivity contribution in [3.05, 3.63) is 144 Å². The van der Waals surface area contributed by atoms with Crippen molar-refractivity contribution in [2.75, 3.05) is 34.5 Å². The summed E-state index contributed by atoms with van der Waals surface area (Å²) in [7, 11) is 0. The zero-order chi connectivity index (χ0) is 33.9. The Morgan fingerprint density at radius 2 is 0.792 bits per heavy atom. The van der Waals surface area contributed by atoms with Crippen LogP contribution in [0.15, 0.2) is 121 Å². The molecule has 0 aliphatic rings. The van der Waals surface area contributed by atoms with Crippen LogP contribution in [-0.2, 0) is 0 Å². The van der Waals surface area contributed by atoms with Crippen molar-refractivity contribution in [3.8, 4) is 11.5 Å². The first-order chi connectivity index (χ1) is 23.3. The van der Waals surface area contributed by atoms with Crippen LogP contribution in [0.5, 0.6) is 11.5 Å². The molecule has 0 aliphatic carbocycles. The van der Waals surface area contributed by atoms with Crippen LogP contribution in [0, 0.1) is 0 Å². The molecule has 0 heterocycles. The summed E-state index contributed by atoms with van der Waals surface area (Å²) < 4.78 is 10.9. The minimum absolute atomic E-state index is 0.279. The third kappa shape index (κ3) is 8.43. The molecule has 0 fully saturated rings. The summed E-state index contributed by atoms with van der Waals surface area (Å²) in [5.41, 5.74) is 2.93. The van der Waals surface area contributed by atoms with E-state index in [0.717, 1.165) is 0 Å². The maximum absolute atomic E-state index is 13.1. The topological polar surface area (TPSA) is 135 Å². The minimum Gasteiger partial charge on any atom is -0.494 e. The summed E-state index contributed by atoms with van der Waals surface area (Å²) in [5.74, 6) is -0.315. The van der Waals surface area contributed by atoms with E-state index in [9.17, 15) is 19.2 Å². The van der Waals surface area contributed by atoms with E-state index in [1.165, 1.54) is 24.3 Å². The summed E-state index contributed by atoms with van der Waals surface area (Å²) in [6, 6.07) is 33.4. The lowest BCUT2D eigenvalue weighted by molar-refractivity contribution is 0.100. The van der Waals surface area contributed by atoms with Crippen LogP contribution in [0.3, 0.4) is 0 Å². The van der Waals surface area contributed by atoms with Gasteiger partial charge < -0.3 is 30.7 Å². The number of ether oxygens (including phenoxy) is 2. The van der Waals surface area contributed by atoms with Crippen LogP contribution in [0.1, 0.15) is 55.3 Å². The molecule has 10 nitrogen and oxygen atoms in total. The Morgan fingerprint density at radius 1 is 0.438 bits per heavy atom. The molecule has 0 aliphatic heterocycles. The molecule has 5 rings (SSSR count). The van der Waals surface area contributed by atoms with Gasteiger partial charge in [0.05, 0.1) is 35.7 Å². The molecule has 5 aromatic rings. The summed E-state index contributed by atoms with van der Waals surface area (Å²) in [4.78, 5) is 52.4. The van der Waals surface area contributed by atoms with Crippen LogP contribution >= 0.6 is 0 Å². The van der Waals surface area contributed by atoms with Crippen LogP contribution < -0.4 is 30.7 Å². The van der Waals surface area contributed by atoms with Gasteiger partial charge in [-0.15, -0.1) is 0 Å². The van der Waals surface area contributed by atoms with E-state index in [0.29, 0.717) is 47.5 Å². The molecule has 0 saturated carbocycles. The molecule has 242 valence electrons. The zero-order valence-corrected chi connectivity index (χ0v) is 26.4. The molecule has 10 heteroatoms. The third-order valence-electron chi connectivity index (χ3n) is 7.10. The summed E-state index contributed by atoms with van der Waals surface area (Å²) >= 11 is 0. The monoisotopic (exact) mass is 642 g/mol. The number of carbonyl (C=O) groups excluding carboxylic acids is 4. The fourth-order valence-electron chi connectivity index (χ4n) is 4.74. The second-order valence-corrected chi connectivity index (χ2v) is 10.4. The number of amides is 4. The van der Waals surface area contributed by atoms with Crippen LogP contribution in [0.2, 0.25) is 0 Å². The largest absolute Gasteiger partial charge is 0.494 e. The van der Waals surface area contributed by atoms with Gasteiger partial charge in [-0.3, -0.25) is 19.2 Å². The number of hydrogen-bond donors (Lipinski definition) is 4. The molecule has 0 radical (unpaired) electrons. The molecular formula is C38H34N4O6. The van der Waals surface area contributed by atoms with E-state index >= 15 is 0 Å². The summed E-state index contributed by atoms with van der Waals surface area (Å²) in [6.45, 7) is 4.86. The van der Waals surface area contributed by atoms with Crippen LogP contribution in [0.4, 0.5) is 22.7 Å². The zero-order valence-electron chi connectivity index (χ0n) is 26.4. The molecule has 48 heavy (non-hydrogen) atoms. The van der Waals surface area contributed by atoms with Crippen molar-refractivity contribution in [1.29, 1.82) is 0 Å². The molecule has 0 spiro atoms. The highest BCUT2D eigenvalue weighted by molar-refractivity contribution is 6.14. The fourth-order valence-corrected chi connectivity index (χ4v) is 4.74. The average molecular weight is 643 g/mol. The van der Waals surface area contributed by atoms with Gasteiger partial charge in [-0.25, -0.2) is 0 Å². The number of nitrogens with one attached hydrogen (secondary N) is 4. The predicted molar refractivity (Wildman–Crippen MR) is 186 cm³/mol. The molecule has 0 saturated heterocycles. The van der Waals surface area contributed by atoms with E-state index in [-0.39, 0.29) is 22.3 Å². The standard InChI is InChI=1S/C38H34N4O6/c1-3-47-29-21-17-27(18-22-29)39-37(45)31-9-5-7-11-33(31)41-35(43)25-13-15-26(16-14-25)36(44)42-34-12-8-6-10-32(34)38(46)40-28-19-23-30(24-20-28)48-4-2/h5-24H,3-4H2,1-2H3,(H,39,45)(H,40,46)(H,41,43)(H,42,44). The molecule has 0 bridgehead atoms. The molecule has 0 aromatic heterocycles. The predicted octanol–water partition coefficient (Wildman–Crippen LogP) is 7.49. The smallest absolute Gasteiger partial charge is 0.257 e. The van der Waals surface area contributed by atoms with Gasteiger partial charge in [0.1, 0.15) is 11.5 Å². The minimum atomic E-state index is -0.459. The van der Waals surface area contributed by atoms with Crippen LogP contribution in [-0.4, -0.2) is 36.8 Å². The lowest BCUT2D eigenvalue weighted by atomic mass is 10.1. The number of benzene rings is 5. The Balaban J connectivity index is 1.21. The van der Waals surface area contributed by atoms with Gasteiger partial charge in [0, 0.05) is 22.5 Å². The Hall–Kier alpha value is -6.42. The first kappa shape index (κ1) is 33.0. The van der Waals surface area contributed by atoms with E-state index in [4.69, 9.17) is 9.47 Å².